The Labute approximate surface area is 162 Å². The first-order chi connectivity index (χ1) is 12.9. The summed E-state index contributed by atoms with van der Waals surface area (Å²) >= 11 is 0. The quantitative estimate of drug-likeness (QED) is 0.443. The summed E-state index contributed by atoms with van der Waals surface area (Å²) in [6.45, 7) is 6.83. The van der Waals surface area contributed by atoms with Crippen LogP contribution in [0.15, 0.2) is 40.8 Å². The number of benzene rings is 2. The van der Waals surface area contributed by atoms with E-state index in [1.165, 1.54) is 66.0 Å². The Kier molecular flexibility index (Phi) is 3.12. The van der Waals surface area contributed by atoms with Gasteiger partial charge in [-0.15, -0.1) is 0 Å². The molecule has 1 heteroatoms. The van der Waals surface area contributed by atoms with Crippen LogP contribution in [-0.2, 0) is 10.8 Å². The van der Waals surface area contributed by atoms with E-state index in [1.807, 2.05) is 0 Å². The van der Waals surface area contributed by atoms with E-state index in [1.54, 1.807) is 0 Å². The molecule has 0 atom stereocenters. The smallest absolute Gasteiger partial charge is 0.139 e. The minimum Gasteiger partial charge on any atom is -0.456 e. The normalized spacial score (nSPS) is 32.6. The third kappa shape index (κ3) is 2.30. The fourth-order valence-electron chi connectivity index (χ4n) is 7.12. The molecule has 1 heterocycles. The van der Waals surface area contributed by atoms with E-state index in [-0.39, 0.29) is 5.41 Å². The Bertz CT molecular complexity index is 1010. The van der Waals surface area contributed by atoms with Gasteiger partial charge in [0.05, 0.1) is 0 Å². The lowest BCUT2D eigenvalue weighted by molar-refractivity contribution is -0.00485. The second-order valence-corrected chi connectivity index (χ2v) is 10.9. The van der Waals surface area contributed by atoms with Gasteiger partial charge in [-0.25, -0.2) is 0 Å². The van der Waals surface area contributed by atoms with Gasteiger partial charge in [-0.05, 0) is 78.7 Å². The zero-order chi connectivity index (χ0) is 18.4. The van der Waals surface area contributed by atoms with Crippen molar-refractivity contribution in [3.05, 3.63) is 47.5 Å². The van der Waals surface area contributed by atoms with Crippen LogP contribution >= 0.6 is 0 Å². The SMILES string of the molecule is CC(C)(C)c1ccc2c(c1)oc1c(C34CC5C[C@H](C3)C[C@@H](C5)C4)cccc12. The molecule has 7 rings (SSSR count). The molecule has 0 amide bonds. The standard InChI is InChI=1S/C26H30O/c1-25(2,3)19-7-8-20-21-5-4-6-22(24(21)27-23(20)12-19)26-13-16-9-17(14-26)11-18(10-16)15-26/h4-8,12,16-18H,9-11,13-15H2,1-3H3/t16-,17+,18?,26?. The fourth-order valence-corrected chi connectivity index (χ4v) is 7.12. The van der Waals surface area contributed by atoms with Gasteiger partial charge in [-0.3, -0.25) is 0 Å². The first-order valence-corrected chi connectivity index (χ1v) is 10.9. The van der Waals surface area contributed by atoms with Crippen LogP contribution in [0.25, 0.3) is 21.9 Å². The van der Waals surface area contributed by atoms with Crippen molar-refractivity contribution in [3.63, 3.8) is 0 Å². The molecule has 27 heavy (non-hydrogen) atoms. The molecule has 1 aromatic heterocycles. The Morgan fingerprint density at radius 2 is 1.52 bits per heavy atom. The Hall–Kier alpha value is -1.76. The van der Waals surface area contributed by atoms with Gasteiger partial charge < -0.3 is 4.42 Å². The molecule has 2 aromatic carbocycles. The van der Waals surface area contributed by atoms with Crippen LogP contribution in [0.2, 0.25) is 0 Å². The molecule has 4 aliphatic rings. The van der Waals surface area contributed by atoms with Crippen LogP contribution in [0.3, 0.4) is 0 Å². The average molecular weight is 359 g/mol. The molecule has 0 unspecified atom stereocenters. The van der Waals surface area contributed by atoms with E-state index >= 15 is 0 Å². The van der Waals surface area contributed by atoms with E-state index in [2.05, 4.69) is 57.2 Å². The van der Waals surface area contributed by atoms with Crippen LogP contribution in [0.1, 0.15) is 70.4 Å². The van der Waals surface area contributed by atoms with Gasteiger partial charge in [-0.2, -0.15) is 0 Å². The predicted octanol–water partition coefficient (Wildman–Crippen LogP) is 7.35. The van der Waals surface area contributed by atoms with Crippen molar-refractivity contribution in [2.24, 2.45) is 17.8 Å². The Balaban J connectivity index is 1.56. The molecule has 0 radical (unpaired) electrons. The molecule has 1 nitrogen and oxygen atoms in total. The first kappa shape index (κ1) is 16.2. The largest absolute Gasteiger partial charge is 0.456 e. The number of fused-ring (bicyclic) bond motifs is 3. The van der Waals surface area contributed by atoms with Crippen molar-refractivity contribution in [2.75, 3.05) is 0 Å². The number of hydrogen-bond donors (Lipinski definition) is 0. The zero-order valence-corrected chi connectivity index (χ0v) is 16.8. The summed E-state index contributed by atoms with van der Waals surface area (Å²) in [5.41, 5.74) is 5.65. The maximum Gasteiger partial charge on any atom is 0.139 e. The van der Waals surface area contributed by atoms with Crippen molar-refractivity contribution in [2.45, 2.75) is 70.1 Å². The summed E-state index contributed by atoms with van der Waals surface area (Å²) in [4.78, 5) is 0. The average Bonchev–Trinajstić information content (AvgIpc) is 2.97. The minimum absolute atomic E-state index is 0.149. The Morgan fingerprint density at radius 1 is 0.852 bits per heavy atom. The van der Waals surface area contributed by atoms with Crippen LogP contribution in [0, 0.1) is 17.8 Å². The van der Waals surface area contributed by atoms with Crippen LogP contribution in [0.5, 0.6) is 0 Å². The fraction of sp³-hybridized carbons (Fsp3) is 0.538. The summed E-state index contributed by atoms with van der Waals surface area (Å²) in [5.74, 6) is 2.88. The summed E-state index contributed by atoms with van der Waals surface area (Å²) in [5, 5.41) is 2.60. The van der Waals surface area contributed by atoms with Gasteiger partial charge >= 0.3 is 0 Å². The number of furan rings is 1. The number of para-hydroxylation sites is 1. The maximum absolute atomic E-state index is 6.61. The lowest BCUT2D eigenvalue weighted by Gasteiger charge is -2.57. The van der Waals surface area contributed by atoms with E-state index in [0.29, 0.717) is 5.41 Å². The molecule has 0 aliphatic heterocycles. The van der Waals surface area contributed by atoms with Gasteiger partial charge in [-0.1, -0.05) is 51.1 Å². The topological polar surface area (TPSA) is 13.1 Å². The monoisotopic (exact) mass is 358 g/mol. The van der Waals surface area contributed by atoms with Crippen molar-refractivity contribution < 1.29 is 4.42 Å². The minimum atomic E-state index is 0.149. The van der Waals surface area contributed by atoms with E-state index in [9.17, 15) is 0 Å². The molecule has 4 fully saturated rings. The van der Waals surface area contributed by atoms with Crippen LogP contribution < -0.4 is 0 Å². The molecular formula is C26H30O. The summed E-state index contributed by atoms with van der Waals surface area (Å²) < 4.78 is 6.61. The van der Waals surface area contributed by atoms with Gasteiger partial charge in [0.2, 0.25) is 0 Å². The lowest BCUT2D eigenvalue weighted by Crippen LogP contribution is -2.48. The van der Waals surface area contributed by atoms with Crippen molar-refractivity contribution in [3.8, 4) is 0 Å². The van der Waals surface area contributed by atoms with Crippen molar-refractivity contribution >= 4 is 21.9 Å². The van der Waals surface area contributed by atoms with Crippen LogP contribution in [0.4, 0.5) is 0 Å². The third-order valence-corrected chi connectivity index (χ3v) is 7.97. The number of rotatable bonds is 1. The molecule has 4 aliphatic carbocycles. The highest BCUT2D eigenvalue weighted by Crippen LogP contribution is 2.61. The highest BCUT2D eigenvalue weighted by Gasteiger charge is 2.52. The van der Waals surface area contributed by atoms with E-state index < -0.39 is 0 Å². The molecule has 4 saturated carbocycles. The third-order valence-electron chi connectivity index (χ3n) is 7.97. The first-order valence-electron chi connectivity index (χ1n) is 10.9. The van der Waals surface area contributed by atoms with Gasteiger partial charge in [0.1, 0.15) is 11.2 Å². The molecule has 140 valence electrons. The molecule has 0 N–H and O–H groups in total. The predicted molar refractivity (Wildman–Crippen MR) is 112 cm³/mol. The lowest BCUT2D eigenvalue weighted by atomic mass is 9.48. The second kappa shape index (κ2) is 5.19. The highest BCUT2D eigenvalue weighted by atomic mass is 16.3. The molecular weight excluding hydrogens is 328 g/mol. The van der Waals surface area contributed by atoms with Gasteiger partial charge in [0.25, 0.3) is 0 Å². The maximum atomic E-state index is 6.61. The van der Waals surface area contributed by atoms with Crippen LogP contribution in [-0.4, -0.2) is 0 Å². The Morgan fingerprint density at radius 3 is 2.15 bits per heavy atom. The molecule has 4 bridgehead atoms. The summed E-state index contributed by atoms with van der Waals surface area (Å²) in [6, 6.07) is 13.8. The van der Waals surface area contributed by atoms with Gasteiger partial charge in [0, 0.05) is 16.3 Å². The van der Waals surface area contributed by atoms with E-state index in [0.717, 1.165) is 23.3 Å². The van der Waals surface area contributed by atoms with Crippen molar-refractivity contribution in [1.29, 1.82) is 0 Å². The zero-order valence-electron chi connectivity index (χ0n) is 16.8. The molecule has 3 aromatic rings. The van der Waals surface area contributed by atoms with E-state index in [4.69, 9.17) is 4.42 Å². The van der Waals surface area contributed by atoms with Gasteiger partial charge in [0.15, 0.2) is 0 Å². The van der Waals surface area contributed by atoms with Crippen molar-refractivity contribution in [1.82, 2.24) is 0 Å². The molecule has 0 saturated heterocycles. The highest BCUT2D eigenvalue weighted by molar-refractivity contribution is 6.06. The molecule has 0 spiro atoms. The second-order valence-electron chi connectivity index (χ2n) is 10.9. The summed E-state index contributed by atoms with van der Waals surface area (Å²) in [7, 11) is 0. The number of hydrogen-bond acceptors (Lipinski definition) is 1. The summed E-state index contributed by atoms with van der Waals surface area (Å²) in [6.07, 6.45) is 8.64.